The molecule has 0 aliphatic rings. The van der Waals surface area contributed by atoms with Gasteiger partial charge in [-0.25, -0.2) is 4.39 Å². The summed E-state index contributed by atoms with van der Waals surface area (Å²) < 4.78 is 18.3. The molecule has 4 heteroatoms. The van der Waals surface area contributed by atoms with Crippen LogP contribution in [-0.2, 0) is 4.79 Å². The van der Waals surface area contributed by atoms with E-state index in [1.165, 1.54) is 6.07 Å². The number of rotatable bonds is 4. The highest BCUT2D eigenvalue weighted by molar-refractivity contribution is 5.75. The molecular formula is C11H14FNO2. The summed E-state index contributed by atoms with van der Waals surface area (Å²) >= 11 is 0. The van der Waals surface area contributed by atoms with E-state index in [2.05, 4.69) is 5.32 Å². The van der Waals surface area contributed by atoms with Crippen molar-refractivity contribution < 1.29 is 13.9 Å². The Morgan fingerprint density at radius 1 is 1.53 bits per heavy atom. The van der Waals surface area contributed by atoms with E-state index in [9.17, 15) is 9.18 Å². The molecule has 1 aromatic carbocycles. The Hall–Kier alpha value is -1.58. The van der Waals surface area contributed by atoms with E-state index in [1.54, 1.807) is 26.1 Å². The number of carbonyl (C=O) groups is 1. The van der Waals surface area contributed by atoms with E-state index in [0.717, 1.165) is 0 Å². The fourth-order valence-corrected chi connectivity index (χ4v) is 1.05. The first kappa shape index (κ1) is 11.5. The molecule has 0 heterocycles. The Kier molecular flexibility index (Phi) is 4.09. The van der Waals surface area contributed by atoms with Gasteiger partial charge in [0.25, 0.3) is 0 Å². The first-order chi connectivity index (χ1) is 7.13. The summed E-state index contributed by atoms with van der Waals surface area (Å²) in [4.78, 5) is 10.9. The minimum absolute atomic E-state index is 0.0948. The zero-order valence-electron chi connectivity index (χ0n) is 8.84. The largest absolute Gasteiger partial charge is 0.493 e. The number of carbonyl (C=O) groups excluding carboxylic acids is 1. The molecule has 0 saturated heterocycles. The molecular weight excluding hydrogens is 197 g/mol. The zero-order chi connectivity index (χ0) is 11.3. The van der Waals surface area contributed by atoms with E-state index in [1.807, 2.05) is 0 Å². The molecule has 0 atom stereocenters. The molecule has 0 fully saturated rings. The van der Waals surface area contributed by atoms with Crippen molar-refractivity contribution in [2.75, 3.05) is 13.7 Å². The molecule has 0 aliphatic carbocycles. The van der Waals surface area contributed by atoms with Gasteiger partial charge in [0.15, 0.2) is 0 Å². The van der Waals surface area contributed by atoms with Crippen LogP contribution < -0.4 is 10.1 Å². The summed E-state index contributed by atoms with van der Waals surface area (Å²) in [5.74, 6) is 0.0528. The molecule has 0 spiro atoms. The second-order valence-electron chi connectivity index (χ2n) is 3.18. The normalized spacial score (nSPS) is 9.80. The van der Waals surface area contributed by atoms with Crippen LogP contribution in [0.4, 0.5) is 4.39 Å². The van der Waals surface area contributed by atoms with E-state index in [0.29, 0.717) is 11.3 Å². The van der Waals surface area contributed by atoms with Crippen LogP contribution in [0.2, 0.25) is 0 Å². The minimum Gasteiger partial charge on any atom is -0.493 e. The number of nitrogens with one attached hydrogen (secondary N) is 1. The third-order valence-electron chi connectivity index (χ3n) is 2.02. The maximum absolute atomic E-state index is 13.1. The van der Waals surface area contributed by atoms with Gasteiger partial charge in [0, 0.05) is 13.1 Å². The highest BCUT2D eigenvalue weighted by Crippen LogP contribution is 2.15. The fraction of sp³-hybridized carbons (Fsp3) is 0.364. The summed E-state index contributed by atoms with van der Waals surface area (Å²) in [6.07, 6.45) is 0.270. The van der Waals surface area contributed by atoms with Crippen molar-refractivity contribution in [3.8, 4) is 5.75 Å². The third kappa shape index (κ3) is 3.58. The average molecular weight is 211 g/mol. The summed E-state index contributed by atoms with van der Waals surface area (Å²) in [5.41, 5.74) is 0.577. The highest BCUT2D eigenvalue weighted by Gasteiger charge is 2.01. The fourth-order valence-electron chi connectivity index (χ4n) is 1.05. The van der Waals surface area contributed by atoms with Gasteiger partial charge in [0.2, 0.25) is 5.91 Å². The van der Waals surface area contributed by atoms with Gasteiger partial charge in [-0.3, -0.25) is 4.79 Å². The lowest BCUT2D eigenvalue weighted by Crippen LogP contribution is -2.20. The van der Waals surface area contributed by atoms with Gasteiger partial charge in [-0.1, -0.05) is 6.07 Å². The summed E-state index contributed by atoms with van der Waals surface area (Å²) in [5, 5.41) is 2.48. The van der Waals surface area contributed by atoms with Crippen LogP contribution >= 0.6 is 0 Å². The second-order valence-corrected chi connectivity index (χ2v) is 3.18. The third-order valence-corrected chi connectivity index (χ3v) is 2.02. The first-order valence-corrected chi connectivity index (χ1v) is 4.73. The average Bonchev–Trinajstić information content (AvgIpc) is 2.23. The molecule has 1 amide bonds. The quantitative estimate of drug-likeness (QED) is 0.822. The van der Waals surface area contributed by atoms with Crippen molar-refractivity contribution in [2.24, 2.45) is 0 Å². The maximum atomic E-state index is 13.1. The summed E-state index contributed by atoms with van der Waals surface area (Å²) in [6.45, 7) is 1.94. The summed E-state index contributed by atoms with van der Waals surface area (Å²) in [7, 11) is 1.56. The van der Waals surface area contributed by atoms with Gasteiger partial charge in [0.05, 0.1) is 13.0 Å². The minimum atomic E-state index is -0.299. The molecule has 1 N–H and O–H groups in total. The lowest BCUT2D eigenvalue weighted by atomic mass is 10.2. The summed E-state index contributed by atoms with van der Waals surface area (Å²) in [6, 6.07) is 4.64. The zero-order valence-corrected chi connectivity index (χ0v) is 8.84. The molecule has 1 aromatic rings. The van der Waals surface area contributed by atoms with Crippen LogP contribution in [0.1, 0.15) is 12.0 Å². The van der Waals surface area contributed by atoms with Crippen LogP contribution in [-0.4, -0.2) is 19.6 Å². The Bertz CT molecular complexity index is 352. The van der Waals surface area contributed by atoms with Crippen molar-refractivity contribution in [3.05, 3.63) is 29.6 Å². The van der Waals surface area contributed by atoms with Gasteiger partial charge in [0.1, 0.15) is 11.6 Å². The Morgan fingerprint density at radius 2 is 2.27 bits per heavy atom. The number of hydrogen-bond donors (Lipinski definition) is 1. The van der Waals surface area contributed by atoms with Crippen molar-refractivity contribution in [3.63, 3.8) is 0 Å². The van der Waals surface area contributed by atoms with Gasteiger partial charge in [-0.15, -0.1) is 0 Å². The second kappa shape index (κ2) is 5.34. The maximum Gasteiger partial charge on any atom is 0.223 e. The Labute approximate surface area is 88.2 Å². The smallest absolute Gasteiger partial charge is 0.223 e. The van der Waals surface area contributed by atoms with Crippen molar-refractivity contribution in [1.29, 1.82) is 0 Å². The van der Waals surface area contributed by atoms with Gasteiger partial charge < -0.3 is 10.1 Å². The number of halogens is 1. The number of hydrogen-bond acceptors (Lipinski definition) is 2. The Morgan fingerprint density at radius 3 is 2.87 bits per heavy atom. The number of amides is 1. The predicted molar refractivity (Wildman–Crippen MR) is 55.3 cm³/mol. The SMILES string of the molecule is CNC(=O)CCOc1ccc(C)c(F)c1. The Balaban J connectivity index is 2.44. The van der Waals surface area contributed by atoms with E-state index in [-0.39, 0.29) is 24.8 Å². The van der Waals surface area contributed by atoms with Gasteiger partial charge in [-0.2, -0.15) is 0 Å². The molecule has 82 valence electrons. The van der Waals surface area contributed by atoms with Crippen LogP contribution in [0, 0.1) is 12.7 Å². The van der Waals surface area contributed by atoms with Crippen LogP contribution in [0.3, 0.4) is 0 Å². The van der Waals surface area contributed by atoms with E-state index < -0.39 is 0 Å². The van der Waals surface area contributed by atoms with Crippen molar-refractivity contribution in [1.82, 2.24) is 5.32 Å². The predicted octanol–water partition coefficient (Wildman–Crippen LogP) is 1.65. The number of ether oxygens (including phenoxy) is 1. The molecule has 0 saturated carbocycles. The molecule has 0 unspecified atom stereocenters. The molecule has 15 heavy (non-hydrogen) atoms. The standard InChI is InChI=1S/C11H14FNO2/c1-8-3-4-9(7-10(8)12)15-6-5-11(14)13-2/h3-4,7H,5-6H2,1-2H3,(H,13,14). The molecule has 1 rings (SSSR count). The van der Waals surface area contributed by atoms with Gasteiger partial charge >= 0.3 is 0 Å². The lowest BCUT2D eigenvalue weighted by Gasteiger charge is -2.06. The van der Waals surface area contributed by atoms with Crippen molar-refractivity contribution >= 4 is 5.91 Å². The lowest BCUT2D eigenvalue weighted by molar-refractivity contribution is -0.121. The van der Waals surface area contributed by atoms with E-state index >= 15 is 0 Å². The monoisotopic (exact) mass is 211 g/mol. The van der Waals surface area contributed by atoms with Gasteiger partial charge in [-0.05, 0) is 18.6 Å². The van der Waals surface area contributed by atoms with Crippen LogP contribution in [0.25, 0.3) is 0 Å². The topological polar surface area (TPSA) is 38.3 Å². The number of aryl methyl sites for hydroxylation is 1. The molecule has 0 radical (unpaired) electrons. The van der Waals surface area contributed by atoms with Crippen LogP contribution in [0.5, 0.6) is 5.75 Å². The molecule has 0 aliphatic heterocycles. The highest BCUT2D eigenvalue weighted by atomic mass is 19.1. The van der Waals surface area contributed by atoms with Crippen LogP contribution in [0.15, 0.2) is 18.2 Å². The number of benzene rings is 1. The first-order valence-electron chi connectivity index (χ1n) is 4.73. The molecule has 0 aromatic heterocycles. The molecule has 3 nitrogen and oxygen atoms in total. The van der Waals surface area contributed by atoms with Crippen molar-refractivity contribution in [2.45, 2.75) is 13.3 Å². The van der Waals surface area contributed by atoms with E-state index in [4.69, 9.17) is 4.74 Å². The molecule has 0 bridgehead atoms.